The molecule has 0 aliphatic rings. The molecule has 0 saturated carbocycles. The standard InChI is InChI=1S/C20H23NO5S/c1-5-6-14-10-17(27-13(14)3)20(24)26-11-18(22)21-16-9-15(19(23)25-4)8-7-12(16)2/h7-10H,5-6,11H2,1-4H3,(H,21,22). The lowest BCUT2D eigenvalue weighted by Crippen LogP contribution is -2.21. The van der Waals surface area contributed by atoms with Crippen molar-refractivity contribution in [2.45, 2.75) is 33.6 Å². The number of anilines is 1. The number of rotatable bonds is 7. The third-order valence-electron chi connectivity index (χ3n) is 4.01. The van der Waals surface area contributed by atoms with E-state index in [0.29, 0.717) is 16.1 Å². The third kappa shape index (κ3) is 5.40. The van der Waals surface area contributed by atoms with E-state index >= 15 is 0 Å². The lowest BCUT2D eigenvalue weighted by atomic mass is 10.1. The largest absolute Gasteiger partial charge is 0.465 e. The monoisotopic (exact) mass is 389 g/mol. The maximum absolute atomic E-state index is 12.2. The summed E-state index contributed by atoms with van der Waals surface area (Å²) in [5, 5.41) is 2.65. The molecule has 7 heteroatoms. The van der Waals surface area contributed by atoms with Crippen LogP contribution in [-0.4, -0.2) is 31.6 Å². The van der Waals surface area contributed by atoms with Gasteiger partial charge < -0.3 is 14.8 Å². The zero-order chi connectivity index (χ0) is 20.0. The van der Waals surface area contributed by atoms with E-state index in [4.69, 9.17) is 4.74 Å². The van der Waals surface area contributed by atoms with E-state index in [-0.39, 0.29) is 0 Å². The van der Waals surface area contributed by atoms with E-state index in [2.05, 4.69) is 17.0 Å². The number of carbonyl (C=O) groups is 3. The summed E-state index contributed by atoms with van der Waals surface area (Å²) in [6.45, 7) is 5.44. The quantitative estimate of drug-likeness (QED) is 0.726. The van der Waals surface area contributed by atoms with Crippen LogP contribution in [0.2, 0.25) is 0 Å². The zero-order valence-corrected chi connectivity index (χ0v) is 16.7. The number of methoxy groups -OCH3 is 1. The average molecular weight is 389 g/mol. The summed E-state index contributed by atoms with van der Waals surface area (Å²) >= 11 is 1.37. The highest BCUT2D eigenvalue weighted by atomic mass is 32.1. The molecule has 0 aliphatic heterocycles. The van der Waals surface area contributed by atoms with Gasteiger partial charge in [-0.05, 0) is 49.6 Å². The van der Waals surface area contributed by atoms with Crippen molar-refractivity contribution in [2.24, 2.45) is 0 Å². The van der Waals surface area contributed by atoms with Crippen molar-refractivity contribution >= 4 is 34.9 Å². The van der Waals surface area contributed by atoms with Gasteiger partial charge in [-0.2, -0.15) is 0 Å². The third-order valence-corrected chi connectivity index (χ3v) is 5.08. The summed E-state index contributed by atoms with van der Waals surface area (Å²) in [5.74, 6) is -1.48. The predicted octanol–water partition coefficient (Wildman–Crippen LogP) is 3.90. The number of hydrogen-bond acceptors (Lipinski definition) is 6. The normalized spacial score (nSPS) is 10.4. The van der Waals surface area contributed by atoms with Gasteiger partial charge in [-0.15, -0.1) is 11.3 Å². The number of carbonyl (C=O) groups excluding carboxylic acids is 3. The number of hydrogen-bond donors (Lipinski definition) is 1. The second-order valence-corrected chi connectivity index (χ2v) is 7.34. The molecule has 2 rings (SSSR count). The Labute approximate surface area is 162 Å². The first-order chi connectivity index (χ1) is 12.8. The highest BCUT2D eigenvalue weighted by molar-refractivity contribution is 7.14. The van der Waals surface area contributed by atoms with E-state index in [1.807, 2.05) is 13.0 Å². The second-order valence-electron chi connectivity index (χ2n) is 6.09. The molecule has 0 atom stereocenters. The molecule has 0 unspecified atom stereocenters. The van der Waals surface area contributed by atoms with Gasteiger partial charge in [0.1, 0.15) is 4.88 Å². The number of benzene rings is 1. The number of esters is 2. The summed E-state index contributed by atoms with van der Waals surface area (Å²) in [6, 6.07) is 6.68. The van der Waals surface area contributed by atoms with Crippen LogP contribution in [0, 0.1) is 13.8 Å². The fraction of sp³-hybridized carbons (Fsp3) is 0.350. The van der Waals surface area contributed by atoms with Crippen LogP contribution in [0.25, 0.3) is 0 Å². The van der Waals surface area contributed by atoms with Crippen molar-refractivity contribution in [3.05, 3.63) is 50.7 Å². The molecular formula is C20H23NO5S. The fourth-order valence-corrected chi connectivity index (χ4v) is 3.49. The summed E-state index contributed by atoms with van der Waals surface area (Å²) in [7, 11) is 1.29. The van der Waals surface area contributed by atoms with E-state index in [1.54, 1.807) is 19.1 Å². The highest BCUT2D eigenvalue weighted by Crippen LogP contribution is 2.23. The van der Waals surface area contributed by atoms with Crippen molar-refractivity contribution in [3.8, 4) is 0 Å². The van der Waals surface area contributed by atoms with Crippen molar-refractivity contribution < 1.29 is 23.9 Å². The molecule has 0 saturated heterocycles. The van der Waals surface area contributed by atoms with Crippen LogP contribution in [0.4, 0.5) is 5.69 Å². The van der Waals surface area contributed by atoms with Gasteiger partial charge in [0, 0.05) is 10.6 Å². The Balaban J connectivity index is 1.97. The van der Waals surface area contributed by atoms with Crippen LogP contribution >= 0.6 is 11.3 Å². The molecular weight excluding hydrogens is 366 g/mol. The Bertz CT molecular complexity index is 856. The topological polar surface area (TPSA) is 81.7 Å². The summed E-state index contributed by atoms with van der Waals surface area (Å²) < 4.78 is 9.79. The maximum atomic E-state index is 12.2. The van der Waals surface area contributed by atoms with Gasteiger partial charge in [0.15, 0.2) is 6.61 Å². The lowest BCUT2D eigenvalue weighted by Gasteiger charge is -2.10. The Hall–Kier alpha value is -2.67. The first-order valence-electron chi connectivity index (χ1n) is 8.61. The van der Waals surface area contributed by atoms with Crippen LogP contribution in [0.5, 0.6) is 0 Å². The predicted molar refractivity (Wildman–Crippen MR) is 104 cm³/mol. The first-order valence-corrected chi connectivity index (χ1v) is 9.42. The Morgan fingerprint density at radius 3 is 2.52 bits per heavy atom. The highest BCUT2D eigenvalue weighted by Gasteiger charge is 2.16. The molecule has 6 nitrogen and oxygen atoms in total. The molecule has 1 amide bonds. The van der Waals surface area contributed by atoms with Gasteiger partial charge in [-0.3, -0.25) is 4.79 Å². The van der Waals surface area contributed by atoms with Crippen molar-refractivity contribution in [1.82, 2.24) is 0 Å². The minimum absolute atomic E-state index is 0.327. The summed E-state index contributed by atoms with van der Waals surface area (Å²) in [4.78, 5) is 37.5. The maximum Gasteiger partial charge on any atom is 0.348 e. The smallest absolute Gasteiger partial charge is 0.348 e. The van der Waals surface area contributed by atoms with Crippen LogP contribution < -0.4 is 5.32 Å². The minimum atomic E-state index is -0.513. The summed E-state index contributed by atoms with van der Waals surface area (Å²) in [6.07, 6.45) is 1.91. The van der Waals surface area contributed by atoms with Crippen molar-refractivity contribution in [2.75, 3.05) is 19.0 Å². The van der Waals surface area contributed by atoms with E-state index < -0.39 is 24.5 Å². The molecule has 144 valence electrons. The molecule has 0 radical (unpaired) electrons. The molecule has 1 aromatic carbocycles. The van der Waals surface area contributed by atoms with Crippen molar-refractivity contribution in [3.63, 3.8) is 0 Å². The van der Waals surface area contributed by atoms with Crippen LogP contribution in [0.3, 0.4) is 0 Å². The Morgan fingerprint density at radius 2 is 1.85 bits per heavy atom. The summed E-state index contributed by atoms with van der Waals surface area (Å²) in [5.41, 5.74) is 2.71. The van der Waals surface area contributed by atoms with E-state index in [1.165, 1.54) is 24.5 Å². The number of aryl methyl sites for hydroxylation is 3. The first kappa shape index (κ1) is 20.6. The van der Waals surface area contributed by atoms with Crippen LogP contribution in [0.1, 0.15) is 49.4 Å². The molecule has 27 heavy (non-hydrogen) atoms. The molecule has 1 heterocycles. The van der Waals surface area contributed by atoms with Crippen LogP contribution in [-0.2, 0) is 20.7 Å². The molecule has 0 bridgehead atoms. The molecule has 1 aromatic heterocycles. The number of nitrogens with one attached hydrogen (secondary N) is 1. The SMILES string of the molecule is CCCc1cc(C(=O)OCC(=O)Nc2cc(C(=O)OC)ccc2C)sc1C. The molecule has 0 aliphatic carbocycles. The second kappa shape index (κ2) is 9.32. The number of thiophene rings is 1. The number of ether oxygens (including phenoxy) is 2. The van der Waals surface area contributed by atoms with E-state index in [0.717, 1.165) is 28.8 Å². The zero-order valence-electron chi connectivity index (χ0n) is 15.9. The van der Waals surface area contributed by atoms with Crippen LogP contribution in [0.15, 0.2) is 24.3 Å². The van der Waals surface area contributed by atoms with E-state index in [9.17, 15) is 14.4 Å². The van der Waals surface area contributed by atoms with Crippen molar-refractivity contribution in [1.29, 1.82) is 0 Å². The molecule has 0 spiro atoms. The fourth-order valence-electron chi connectivity index (χ4n) is 2.53. The molecule has 1 N–H and O–H groups in total. The Kier molecular flexibility index (Phi) is 7.12. The van der Waals surface area contributed by atoms with Gasteiger partial charge >= 0.3 is 11.9 Å². The van der Waals surface area contributed by atoms with Gasteiger partial charge in [-0.25, -0.2) is 9.59 Å². The average Bonchev–Trinajstić information content (AvgIpc) is 3.02. The lowest BCUT2D eigenvalue weighted by molar-refractivity contribution is -0.119. The number of amides is 1. The van der Waals surface area contributed by atoms with Gasteiger partial charge in [0.25, 0.3) is 5.91 Å². The molecule has 0 fully saturated rings. The van der Waals surface area contributed by atoms with Gasteiger partial charge in [0.05, 0.1) is 12.7 Å². The van der Waals surface area contributed by atoms with Gasteiger partial charge in [-0.1, -0.05) is 19.4 Å². The Morgan fingerprint density at radius 1 is 1.11 bits per heavy atom. The minimum Gasteiger partial charge on any atom is -0.465 e. The van der Waals surface area contributed by atoms with Gasteiger partial charge in [0.2, 0.25) is 0 Å². The molecule has 2 aromatic rings.